The highest BCUT2D eigenvalue weighted by molar-refractivity contribution is 5.74. The Labute approximate surface area is 52.9 Å². The molecule has 0 fully saturated rings. The van der Waals surface area contributed by atoms with Crippen LogP contribution in [-0.4, -0.2) is 24.8 Å². The maximum atomic E-state index is 9.72. The Morgan fingerprint density at radius 3 is 2.78 bits per heavy atom. The van der Waals surface area contributed by atoms with Crippen LogP contribution >= 0.6 is 0 Å². The van der Waals surface area contributed by atoms with E-state index in [1.807, 2.05) is 0 Å². The van der Waals surface area contributed by atoms with Gasteiger partial charge in [0.25, 0.3) is 0 Å². The van der Waals surface area contributed by atoms with Gasteiger partial charge in [0.2, 0.25) is 6.29 Å². The Bertz CT molecular complexity index is 113. The van der Waals surface area contributed by atoms with Crippen molar-refractivity contribution < 1.29 is 4.79 Å². The first-order valence-corrected chi connectivity index (χ1v) is 2.38. The summed E-state index contributed by atoms with van der Waals surface area (Å²) in [5.74, 6) is -0.194. The van der Waals surface area contributed by atoms with E-state index >= 15 is 0 Å². The molecule has 0 saturated heterocycles. The fraction of sp³-hybridized carbons (Fsp3) is 0.500. The maximum absolute atomic E-state index is 9.72. The second kappa shape index (κ2) is 3.85. The molecular weight excluding hydrogens is 120 g/mol. The van der Waals surface area contributed by atoms with Crippen LogP contribution in [0.15, 0.2) is 0 Å². The van der Waals surface area contributed by atoms with Gasteiger partial charge in [-0.05, 0) is 0 Å². The van der Waals surface area contributed by atoms with Crippen LogP contribution in [-0.2, 0) is 4.79 Å². The molecule has 0 bridgehead atoms. The van der Waals surface area contributed by atoms with Crippen molar-refractivity contribution in [3.63, 3.8) is 0 Å². The molecule has 0 saturated carbocycles. The van der Waals surface area contributed by atoms with Crippen molar-refractivity contribution in [1.29, 1.82) is 5.41 Å². The average Bonchev–Trinajstić information content (AvgIpc) is 1.83. The van der Waals surface area contributed by atoms with E-state index in [-0.39, 0.29) is 12.5 Å². The Morgan fingerprint density at radius 2 is 2.44 bits per heavy atom. The minimum Gasteiger partial charge on any atom is -0.370 e. The molecule has 0 aromatic carbocycles. The summed E-state index contributed by atoms with van der Waals surface area (Å²) in [6, 6.07) is -0.700. The van der Waals surface area contributed by atoms with Gasteiger partial charge < -0.3 is 16.8 Å². The first kappa shape index (κ1) is 7.90. The maximum Gasteiger partial charge on any atom is 0.218 e. The molecule has 1 atom stereocenters. The van der Waals surface area contributed by atoms with Crippen LogP contribution in [0.3, 0.4) is 0 Å². The van der Waals surface area contributed by atoms with Crippen molar-refractivity contribution in [2.75, 3.05) is 6.54 Å². The molecule has 1 radical (unpaired) electrons. The minimum atomic E-state index is -0.700. The monoisotopic (exact) mass is 129 g/mol. The molecule has 5 heteroatoms. The van der Waals surface area contributed by atoms with Gasteiger partial charge >= 0.3 is 0 Å². The minimum absolute atomic E-state index is 0.166. The Morgan fingerprint density at radius 1 is 1.89 bits per heavy atom. The summed E-state index contributed by atoms with van der Waals surface area (Å²) in [6.45, 7) is 0.166. The standard InChI is InChI=1S/C4H9N4O/c5-3(2-9)1-8-4(6)7/h3H,1,5H2,(H4,6,7,8). The second-order valence-corrected chi connectivity index (χ2v) is 1.52. The lowest BCUT2D eigenvalue weighted by Gasteiger charge is -2.03. The van der Waals surface area contributed by atoms with Crippen LogP contribution < -0.4 is 16.8 Å². The molecule has 0 aromatic heterocycles. The highest BCUT2D eigenvalue weighted by Gasteiger charge is 1.98. The third-order valence-corrected chi connectivity index (χ3v) is 0.664. The Hall–Kier alpha value is -1.10. The summed E-state index contributed by atoms with van der Waals surface area (Å²) >= 11 is 0. The third kappa shape index (κ3) is 4.76. The van der Waals surface area contributed by atoms with Crippen LogP contribution in [0.4, 0.5) is 0 Å². The largest absolute Gasteiger partial charge is 0.370 e. The van der Waals surface area contributed by atoms with E-state index in [1.165, 1.54) is 6.29 Å². The van der Waals surface area contributed by atoms with Gasteiger partial charge in [-0.2, -0.15) is 0 Å². The van der Waals surface area contributed by atoms with Crippen molar-refractivity contribution in [2.24, 2.45) is 11.5 Å². The third-order valence-electron chi connectivity index (χ3n) is 0.664. The second-order valence-electron chi connectivity index (χ2n) is 1.52. The van der Waals surface area contributed by atoms with Gasteiger partial charge in [0, 0.05) is 6.54 Å². The van der Waals surface area contributed by atoms with Crippen LogP contribution in [0.1, 0.15) is 0 Å². The number of hydrogen-bond donors (Lipinski definition) is 4. The van der Waals surface area contributed by atoms with E-state index in [4.69, 9.17) is 16.9 Å². The molecule has 1 unspecified atom stereocenters. The first-order valence-electron chi connectivity index (χ1n) is 2.38. The molecule has 0 spiro atoms. The van der Waals surface area contributed by atoms with E-state index in [1.54, 1.807) is 0 Å². The first-order chi connectivity index (χ1) is 4.16. The fourth-order valence-corrected chi connectivity index (χ4v) is 0.262. The van der Waals surface area contributed by atoms with Gasteiger partial charge in [-0.15, -0.1) is 0 Å². The molecule has 0 amide bonds. The van der Waals surface area contributed by atoms with Crippen LogP contribution in [0.5, 0.6) is 0 Å². The lowest BCUT2D eigenvalue weighted by molar-refractivity contribution is 0.539. The lowest BCUT2D eigenvalue weighted by atomic mass is 10.3. The number of nitrogens with one attached hydrogen (secondary N) is 2. The predicted octanol–water partition coefficient (Wildman–Crippen LogP) is -2.09. The van der Waals surface area contributed by atoms with Gasteiger partial charge in [0.1, 0.15) is 0 Å². The van der Waals surface area contributed by atoms with E-state index in [2.05, 4.69) is 5.32 Å². The Kier molecular flexibility index (Phi) is 3.38. The zero-order valence-corrected chi connectivity index (χ0v) is 4.85. The van der Waals surface area contributed by atoms with Crippen molar-refractivity contribution in [3.8, 4) is 0 Å². The summed E-state index contributed by atoms with van der Waals surface area (Å²) in [7, 11) is 0. The number of rotatable bonds is 3. The van der Waals surface area contributed by atoms with Crippen LogP contribution in [0.25, 0.3) is 0 Å². The molecule has 0 aliphatic heterocycles. The SMILES string of the molecule is N=C(N)NCC(N)[C]=O. The number of nitrogens with two attached hydrogens (primary N) is 2. The lowest BCUT2D eigenvalue weighted by Crippen LogP contribution is -2.40. The zero-order chi connectivity index (χ0) is 7.28. The topological polar surface area (TPSA) is 105 Å². The molecule has 51 valence electrons. The number of guanidine groups is 1. The van der Waals surface area contributed by atoms with Crippen LogP contribution in [0.2, 0.25) is 0 Å². The van der Waals surface area contributed by atoms with Crippen molar-refractivity contribution in [2.45, 2.75) is 6.04 Å². The summed E-state index contributed by atoms with van der Waals surface area (Å²) < 4.78 is 0. The van der Waals surface area contributed by atoms with Crippen LogP contribution in [0, 0.1) is 5.41 Å². The van der Waals surface area contributed by atoms with Crippen molar-refractivity contribution >= 4 is 12.2 Å². The van der Waals surface area contributed by atoms with Crippen molar-refractivity contribution in [3.05, 3.63) is 0 Å². The summed E-state index contributed by atoms with van der Waals surface area (Å²) in [6.07, 6.45) is 1.53. The fourth-order valence-electron chi connectivity index (χ4n) is 0.262. The van der Waals surface area contributed by atoms with Gasteiger partial charge in [0.05, 0.1) is 6.04 Å². The highest BCUT2D eigenvalue weighted by Crippen LogP contribution is 1.64. The molecular formula is C4H9N4O. The normalized spacial score (nSPS) is 12.1. The number of carbonyl (C=O) groups excluding carboxylic acids is 1. The van der Waals surface area contributed by atoms with E-state index < -0.39 is 6.04 Å². The number of hydrogen-bond acceptors (Lipinski definition) is 3. The van der Waals surface area contributed by atoms with E-state index in [9.17, 15) is 4.79 Å². The molecule has 0 aromatic rings. The molecule has 6 N–H and O–H groups in total. The summed E-state index contributed by atoms with van der Waals surface area (Å²) in [5.41, 5.74) is 9.97. The zero-order valence-electron chi connectivity index (χ0n) is 4.85. The average molecular weight is 129 g/mol. The smallest absolute Gasteiger partial charge is 0.218 e. The van der Waals surface area contributed by atoms with Gasteiger partial charge in [-0.25, -0.2) is 0 Å². The van der Waals surface area contributed by atoms with Gasteiger partial charge in [0.15, 0.2) is 5.96 Å². The molecule has 0 rings (SSSR count). The molecule has 0 aliphatic rings. The molecule has 5 nitrogen and oxygen atoms in total. The highest BCUT2D eigenvalue weighted by atomic mass is 16.1. The Balaban J connectivity index is 3.26. The summed E-state index contributed by atoms with van der Waals surface area (Å²) in [4.78, 5) is 9.72. The summed E-state index contributed by atoms with van der Waals surface area (Å²) in [5, 5.41) is 9.01. The molecule has 0 aliphatic carbocycles. The van der Waals surface area contributed by atoms with Gasteiger partial charge in [-0.1, -0.05) is 0 Å². The molecule has 9 heavy (non-hydrogen) atoms. The predicted molar refractivity (Wildman–Crippen MR) is 33.6 cm³/mol. The van der Waals surface area contributed by atoms with E-state index in [0.717, 1.165) is 0 Å². The quantitative estimate of drug-likeness (QED) is 0.259. The van der Waals surface area contributed by atoms with Gasteiger partial charge in [-0.3, -0.25) is 10.2 Å². The van der Waals surface area contributed by atoms with Crippen molar-refractivity contribution in [1.82, 2.24) is 5.32 Å². The van der Waals surface area contributed by atoms with E-state index in [0.29, 0.717) is 0 Å². The molecule has 0 heterocycles.